The maximum atomic E-state index is 13.3. The first-order chi connectivity index (χ1) is 13.7. The van der Waals surface area contributed by atoms with Crippen LogP contribution in [0.5, 0.6) is 0 Å². The van der Waals surface area contributed by atoms with E-state index in [-0.39, 0.29) is 24.3 Å². The van der Waals surface area contributed by atoms with Crippen LogP contribution in [0.2, 0.25) is 0 Å². The first-order valence-electron chi connectivity index (χ1n) is 9.33. The van der Waals surface area contributed by atoms with E-state index in [0.717, 1.165) is 29.7 Å². The zero-order chi connectivity index (χ0) is 19.3. The van der Waals surface area contributed by atoms with Gasteiger partial charge in [0.25, 0.3) is 0 Å². The summed E-state index contributed by atoms with van der Waals surface area (Å²) in [5.41, 5.74) is 2.54. The molecule has 1 atom stereocenters. The molecule has 28 heavy (non-hydrogen) atoms. The van der Waals surface area contributed by atoms with Crippen molar-refractivity contribution in [2.45, 2.75) is 12.6 Å². The molecule has 2 aromatic carbocycles. The van der Waals surface area contributed by atoms with E-state index in [0.29, 0.717) is 19.8 Å². The lowest BCUT2D eigenvalue weighted by Gasteiger charge is -2.35. The quantitative estimate of drug-likeness (QED) is 0.702. The molecule has 0 aliphatic carbocycles. The first-order valence-corrected chi connectivity index (χ1v) is 9.33. The summed E-state index contributed by atoms with van der Waals surface area (Å²) in [5.74, 6) is -0.414. The Morgan fingerprint density at radius 3 is 2.68 bits per heavy atom. The maximum absolute atomic E-state index is 13.3. The van der Waals surface area contributed by atoms with E-state index in [9.17, 15) is 9.18 Å². The highest BCUT2D eigenvalue weighted by atomic mass is 19.1. The highest BCUT2D eigenvalue weighted by Gasteiger charge is 2.23. The summed E-state index contributed by atoms with van der Waals surface area (Å²) < 4.78 is 20.4. The molecule has 1 N–H and O–H groups in total. The Hall–Kier alpha value is -2.84. The number of aromatic nitrogens is 3. The number of hydrogen-bond acceptors (Lipinski definition) is 5. The third-order valence-electron chi connectivity index (χ3n) is 4.95. The van der Waals surface area contributed by atoms with E-state index in [1.165, 1.54) is 12.1 Å². The van der Waals surface area contributed by atoms with E-state index >= 15 is 0 Å². The Balaban J connectivity index is 1.44. The van der Waals surface area contributed by atoms with E-state index in [1.807, 2.05) is 24.3 Å². The summed E-state index contributed by atoms with van der Waals surface area (Å²) >= 11 is 0. The minimum Gasteiger partial charge on any atom is -0.379 e. The number of hydrogen-bond donors (Lipinski definition) is 1. The predicted molar refractivity (Wildman–Crippen MR) is 102 cm³/mol. The van der Waals surface area contributed by atoms with Crippen molar-refractivity contribution in [3.63, 3.8) is 0 Å². The van der Waals surface area contributed by atoms with Gasteiger partial charge in [0.2, 0.25) is 5.91 Å². The summed E-state index contributed by atoms with van der Waals surface area (Å²) in [6, 6.07) is 13.9. The van der Waals surface area contributed by atoms with Crippen LogP contribution in [0.4, 0.5) is 4.39 Å². The number of ether oxygens (including phenoxy) is 1. The van der Waals surface area contributed by atoms with Gasteiger partial charge in [0, 0.05) is 19.6 Å². The van der Waals surface area contributed by atoms with Crippen LogP contribution >= 0.6 is 0 Å². The van der Waals surface area contributed by atoms with Crippen molar-refractivity contribution in [1.82, 2.24) is 25.2 Å². The van der Waals surface area contributed by atoms with Gasteiger partial charge in [-0.15, -0.1) is 5.10 Å². The molecular weight excluding hydrogens is 361 g/mol. The Kier molecular flexibility index (Phi) is 5.59. The first kappa shape index (κ1) is 18.5. The zero-order valence-corrected chi connectivity index (χ0v) is 15.4. The van der Waals surface area contributed by atoms with Crippen molar-refractivity contribution in [2.75, 3.05) is 32.8 Å². The van der Waals surface area contributed by atoms with Gasteiger partial charge in [0.1, 0.15) is 17.9 Å². The second-order valence-corrected chi connectivity index (χ2v) is 6.76. The molecular formula is C20H22FN5O2. The van der Waals surface area contributed by atoms with E-state index in [2.05, 4.69) is 20.5 Å². The standard InChI is InChI=1S/C20H22FN5O2/c21-16-7-5-15(6-8-16)19(25-9-11-28-12-10-25)13-22-20(27)14-26-18-4-2-1-3-17(18)23-24-26/h1-8,19H,9-14H2,(H,22,27). The van der Waals surface area contributed by atoms with Gasteiger partial charge in [-0.1, -0.05) is 29.5 Å². The van der Waals surface area contributed by atoms with Crippen LogP contribution in [0.25, 0.3) is 11.0 Å². The average Bonchev–Trinajstić information content (AvgIpc) is 3.13. The molecule has 0 bridgehead atoms. The predicted octanol–water partition coefficient (Wildman–Crippen LogP) is 1.76. The fourth-order valence-corrected chi connectivity index (χ4v) is 3.47. The fraction of sp³-hybridized carbons (Fsp3) is 0.350. The minimum atomic E-state index is -0.272. The molecule has 1 unspecified atom stereocenters. The SMILES string of the molecule is O=C(Cn1nnc2ccccc21)NCC(c1ccc(F)cc1)N1CCOCC1. The highest BCUT2D eigenvalue weighted by molar-refractivity contribution is 5.79. The van der Waals surface area contributed by atoms with Crippen molar-refractivity contribution in [3.05, 3.63) is 59.9 Å². The molecule has 2 heterocycles. The van der Waals surface area contributed by atoms with Gasteiger partial charge in [-0.2, -0.15) is 0 Å². The lowest BCUT2D eigenvalue weighted by molar-refractivity contribution is -0.122. The number of fused-ring (bicyclic) bond motifs is 1. The topological polar surface area (TPSA) is 72.3 Å². The molecule has 8 heteroatoms. The van der Waals surface area contributed by atoms with Gasteiger partial charge in [-0.25, -0.2) is 9.07 Å². The molecule has 1 aliphatic rings. The average molecular weight is 383 g/mol. The fourth-order valence-electron chi connectivity index (χ4n) is 3.47. The van der Waals surface area contributed by atoms with Gasteiger partial charge >= 0.3 is 0 Å². The van der Waals surface area contributed by atoms with Crippen molar-refractivity contribution < 1.29 is 13.9 Å². The van der Waals surface area contributed by atoms with Crippen molar-refractivity contribution >= 4 is 16.9 Å². The molecule has 7 nitrogen and oxygen atoms in total. The van der Waals surface area contributed by atoms with Crippen LogP contribution in [-0.2, 0) is 16.1 Å². The largest absolute Gasteiger partial charge is 0.379 e. The highest BCUT2D eigenvalue weighted by Crippen LogP contribution is 2.21. The number of rotatable bonds is 6. The third-order valence-corrected chi connectivity index (χ3v) is 4.95. The van der Waals surface area contributed by atoms with Crippen molar-refractivity contribution in [2.24, 2.45) is 0 Å². The number of carbonyl (C=O) groups is 1. The van der Waals surface area contributed by atoms with Crippen LogP contribution in [0.15, 0.2) is 48.5 Å². The summed E-state index contributed by atoms with van der Waals surface area (Å²) in [7, 11) is 0. The van der Waals surface area contributed by atoms with Gasteiger partial charge in [-0.05, 0) is 29.8 Å². The van der Waals surface area contributed by atoms with Crippen molar-refractivity contribution in [3.8, 4) is 0 Å². The number of nitrogens with zero attached hydrogens (tertiary/aromatic N) is 4. The molecule has 0 saturated carbocycles. The van der Waals surface area contributed by atoms with Crippen LogP contribution < -0.4 is 5.32 Å². The molecule has 1 amide bonds. The lowest BCUT2D eigenvalue weighted by Crippen LogP contribution is -2.44. The van der Waals surface area contributed by atoms with Gasteiger partial charge in [0.15, 0.2) is 0 Å². The van der Waals surface area contributed by atoms with Crippen LogP contribution in [-0.4, -0.2) is 58.6 Å². The van der Waals surface area contributed by atoms with Gasteiger partial charge in [0.05, 0.1) is 24.8 Å². The number of para-hydroxylation sites is 1. The molecule has 1 aromatic heterocycles. The molecule has 0 spiro atoms. The number of amides is 1. The monoisotopic (exact) mass is 383 g/mol. The van der Waals surface area contributed by atoms with Gasteiger partial charge < -0.3 is 10.1 Å². The number of benzene rings is 2. The van der Waals surface area contributed by atoms with Crippen LogP contribution in [0, 0.1) is 5.82 Å². The molecule has 1 saturated heterocycles. The van der Waals surface area contributed by atoms with Gasteiger partial charge in [-0.3, -0.25) is 9.69 Å². The number of morpholine rings is 1. The smallest absolute Gasteiger partial charge is 0.241 e. The van der Waals surface area contributed by atoms with E-state index in [1.54, 1.807) is 16.8 Å². The van der Waals surface area contributed by atoms with Crippen molar-refractivity contribution in [1.29, 1.82) is 0 Å². The summed E-state index contributed by atoms with van der Waals surface area (Å²) in [4.78, 5) is 14.8. The summed E-state index contributed by atoms with van der Waals surface area (Å²) in [5, 5.41) is 11.1. The molecule has 0 radical (unpaired) electrons. The number of carbonyl (C=O) groups excluding carboxylic acids is 1. The third kappa shape index (κ3) is 4.18. The second kappa shape index (κ2) is 8.45. The summed E-state index contributed by atoms with van der Waals surface area (Å²) in [6.45, 7) is 3.36. The molecule has 1 aliphatic heterocycles. The summed E-state index contributed by atoms with van der Waals surface area (Å²) in [6.07, 6.45) is 0. The zero-order valence-electron chi connectivity index (χ0n) is 15.4. The second-order valence-electron chi connectivity index (χ2n) is 6.76. The Labute approximate surface area is 162 Å². The molecule has 146 valence electrons. The number of nitrogens with one attached hydrogen (secondary N) is 1. The number of halogens is 1. The van der Waals surface area contributed by atoms with Crippen LogP contribution in [0.3, 0.4) is 0 Å². The molecule has 1 fully saturated rings. The maximum Gasteiger partial charge on any atom is 0.241 e. The Bertz CT molecular complexity index is 937. The molecule has 3 aromatic rings. The molecule has 4 rings (SSSR count). The Morgan fingerprint density at radius 2 is 1.89 bits per heavy atom. The lowest BCUT2D eigenvalue weighted by atomic mass is 10.0. The normalized spacial score (nSPS) is 16.2. The Morgan fingerprint density at radius 1 is 1.14 bits per heavy atom. The minimum absolute atomic E-state index is 0.0408. The van der Waals surface area contributed by atoms with E-state index in [4.69, 9.17) is 4.74 Å². The van der Waals surface area contributed by atoms with Crippen LogP contribution in [0.1, 0.15) is 11.6 Å². The van der Waals surface area contributed by atoms with E-state index < -0.39 is 0 Å².